The van der Waals surface area contributed by atoms with Crippen LogP contribution in [-0.2, 0) is 14.3 Å². The molecular weight excluding hydrogens is 351 g/mol. The maximum Gasteiger partial charge on any atom is 0.302 e. The number of aliphatic hydroxyl groups excluding tert-OH is 2. The van der Waals surface area contributed by atoms with E-state index in [1.807, 2.05) is 0 Å². The minimum Gasteiger partial charge on any atom is -0.463 e. The molecule has 9 nitrogen and oxygen atoms in total. The number of fused-ring (bicyclic) bond motifs is 1. The van der Waals surface area contributed by atoms with Gasteiger partial charge >= 0.3 is 5.97 Å². The van der Waals surface area contributed by atoms with Crippen LogP contribution in [0.4, 0.5) is 0 Å². The topological polar surface area (TPSA) is 120 Å². The van der Waals surface area contributed by atoms with Gasteiger partial charge in [-0.15, -0.1) is 0 Å². The quantitative estimate of drug-likeness (QED) is 0.454. The highest BCUT2D eigenvalue weighted by Crippen LogP contribution is 2.32. The van der Waals surface area contributed by atoms with Gasteiger partial charge in [-0.2, -0.15) is 10.1 Å². The zero-order valence-corrected chi connectivity index (χ0v) is 13.3. The van der Waals surface area contributed by atoms with Gasteiger partial charge in [0.1, 0.15) is 30.1 Å². The average Bonchev–Trinajstić information content (AvgIpc) is 3.00. The van der Waals surface area contributed by atoms with Crippen LogP contribution in [0, 0.1) is 0 Å². The molecule has 1 aliphatic rings. The summed E-state index contributed by atoms with van der Waals surface area (Å²) in [5.41, 5.74) is 0.249. The van der Waals surface area contributed by atoms with Crippen LogP contribution in [0.3, 0.4) is 0 Å². The van der Waals surface area contributed by atoms with E-state index in [4.69, 9.17) is 32.7 Å². The van der Waals surface area contributed by atoms with Crippen molar-refractivity contribution in [3.05, 3.63) is 16.6 Å². The third-order valence-corrected chi connectivity index (χ3v) is 3.87. The van der Waals surface area contributed by atoms with Crippen LogP contribution in [0.25, 0.3) is 11.0 Å². The number of hydrogen-bond donors (Lipinski definition) is 2. The van der Waals surface area contributed by atoms with Crippen molar-refractivity contribution in [2.24, 2.45) is 0 Å². The first kappa shape index (κ1) is 16.3. The molecule has 3 rings (SSSR count). The highest BCUT2D eigenvalue weighted by atomic mass is 35.5. The fraction of sp³-hybridized carbons (Fsp3) is 0.500. The predicted molar refractivity (Wildman–Crippen MR) is 77.9 cm³/mol. The number of aromatic nitrogens is 4. The van der Waals surface area contributed by atoms with E-state index in [2.05, 4.69) is 15.1 Å². The van der Waals surface area contributed by atoms with Gasteiger partial charge < -0.3 is 19.7 Å². The lowest BCUT2D eigenvalue weighted by Gasteiger charge is -2.15. The number of nitrogens with zero attached hydrogens (tertiary/aromatic N) is 4. The molecule has 2 N–H and O–H groups in total. The van der Waals surface area contributed by atoms with E-state index in [1.54, 1.807) is 0 Å². The van der Waals surface area contributed by atoms with Gasteiger partial charge in [0.25, 0.3) is 0 Å². The van der Waals surface area contributed by atoms with Crippen molar-refractivity contribution in [2.75, 3.05) is 6.61 Å². The summed E-state index contributed by atoms with van der Waals surface area (Å²) >= 11 is 11.7. The minimum atomic E-state index is -1.30. The van der Waals surface area contributed by atoms with Crippen LogP contribution in [0.1, 0.15) is 13.2 Å². The Labute approximate surface area is 139 Å². The molecule has 11 heteroatoms. The monoisotopic (exact) mass is 362 g/mol. The summed E-state index contributed by atoms with van der Waals surface area (Å²) in [5, 5.41) is 24.7. The molecule has 124 valence electrons. The summed E-state index contributed by atoms with van der Waals surface area (Å²) in [4.78, 5) is 18.7. The molecule has 0 saturated carbocycles. The zero-order valence-electron chi connectivity index (χ0n) is 11.8. The third-order valence-electron chi connectivity index (χ3n) is 3.41. The molecule has 0 bridgehead atoms. The Kier molecular flexibility index (Phi) is 4.39. The number of aliphatic hydroxyl groups is 2. The fourth-order valence-corrected chi connectivity index (χ4v) is 2.74. The second-order valence-electron chi connectivity index (χ2n) is 4.96. The van der Waals surface area contributed by atoms with Gasteiger partial charge in [0.15, 0.2) is 11.9 Å². The van der Waals surface area contributed by atoms with Gasteiger partial charge in [0.05, 0.1) is 11.6 Å². The van der Waals surface area contributed by atoms with Gasteiger partial charge in [0.2, 0.25) is 5.28 Å². The molecule has 0 radical (unpaired) electrons. The highest BCUT2D eigenvalue weighted by molar-refractivity contribution is 6.35. The zero-order chi connectivity index (χ0) is 16.7. The molecule has 0 aliphatic carbocycles. The molecule has 2 aromatic rings. The first-order valence-corrected chi connectivity index (χ1v) is 7.35. The number of hydrogen-bond acceptors (Lipinski definition) is 8. The summed E-state index contributed by atoms with van der Waals surface area (Å²) in [6.45, 7) is 1.04. The summed E-state index contributed by atoms with van der Waals surface area (Å²) in [5.74, 6) is -0.519. The standard InChI is InChI=1S/C12H12Cl2N4O5/c1-4(19)22-3-6-7(20)8(21)11(23-6)18-10-5(2-15-18)9(13)16-12(14)17-10/h2,6-8,11,20-21H,3H2,1H3/t6-,7+,8-,11-/m1/s1. The molecule has 0 unspecified atom stereocenters. The molecule has 0 amide bonds. The molecule has 4 atom stereocenters. The van der Waals surface area contributed by atoms with Crippen molar-refractivity contribution in [1.29, 1.82) is 0 Å². The minimum absolute atomic E-state index is 0.0891. The maximum atomic E-state index is 10.9. The summed E-state index contributed by atoms with van der Waals surface area (Å²) in [6.07, 6.45) is -3.09. The van der Waals surface area contributed by atoms with Crippen LogP contribution in [0.5, 0.6) is 0 Å². The summed E-state index contributed by atoms with van der Waals surface area (Å²) in [6, 6.07) is 0. The molecule has 1 aliphatic heterocycles. The fourth-order valence-electron chi connectivity index (χ4n) is 2.32. The number of carbonyl (C=O) groups is 1. The second-order valence-corrected chi connectivity index (χ2v) is 5.65. The van der Waals surface area contributed by atoms with E-state index in [9.17, 15) is 15.0 Å². The van der Waals surface area contributed by atoms with Crippen molar-refractivity contribution in [2.45, 2.75) is 31.5 Å². The van der Waals surface area contributed by atoms with Gasteiger partial charge in [-0.1, -0.05) is 11.6 Å². The number of carbonyl (C=O) groups excluding carboxylic acids is 1. The molecule has 23 heavy (non-hydrogen) atoms. The molecule has 1 fully saturated rings. The second kappa shape index (κ2) is 6.17. The van der Waals surface area contributed by atoms with Gasteiger partial charge in [-0.05, 0) is 11.6 Å². The summed E-state index contributed by atoms with van der Waals surface area (Å²) in [7, 11) is 0. The Balaban J connectivity index is 1.91. The van der Waals surface area contributed by atoms with E-state index in [0.29, 0.717) is 5.39 Å². The molecule has 0 spiro atoms. The van der Waals surface area contributed by atoms with Crippen molar-refractivity contribution in [1.82, 2.24) is 19.7 Å². The van der Waals surface area contributed by atoms with E-state index < -0.39 is 30.5 Å². The van der Waals surface area contributed by atoms with Crippen LogP contribution < -0.4 is 0 Å². The van der Waals surface area contributed by atoms with Crippen LogP contribution in [-0.4, -0.2) is 60.8 Å². The van der Waals surface area contributed by atoms with Gasteiger partial charge in [-0.25, -0.2) is 9.67 Å². The average molecular weight is 363 g/mol. The number of halogens is 2. The van der Waals surface area contributed by atoms with Gasteiger partial charge in [-0.3, -0.25) is 4.79 Å². The number of esters is 1. The van der Waals surface area contributed by atoms with Crippen LogP contribution in [0.15, 0.2) is 6.20 Å². The molecule has 2 aromatic heterocycles. The van der Waals surface area contributed by atoms with Gasteiger partial charge in [0, 0.05) is 6.92 Å². The lowest BCUT2D eigenvalue weighted by atomic mass is 10.1. The highest BCUT2D eigenvalue weighted by Gasteiger charge is 2.45. The van der Waals surface area contributed by atoms with Crippen LogP contribution >= 0.6 is 23.2 Å². The SMILES string of the molecule is CC(=O)OC[C@H]1O[C@@H](n2ncc3c(Cl)nc(Cl)nc32)[C@H](O)[C@H]1O. The molecule has 1 saturated heterocycles. The predicted octanol–water partition coefficient (Wildman–Crippen LogP) is 0.315. The van der Waals surface area contributed by atoms with Crippen molar-refractivity contribution in [3.8, 4) is 0 Å². The smallest absolute Gasteiger partial charge is 0.302 e. The first-order chi connectivity index (χ1) is 10.9. The largest absolute Gasteiger partial charge is 0.463 e. The molecule has 3 heterocycles. The van der Waals surface area contributed by atoms with Crippen molar-refractivity contribution >= 4 is 40.2 Å². The normalized spacial score (nSPS) is 27.5. The summed E-state index contributed by atoms with van der Waals surface area (Å²) < 4.78 is 11.6. The molecular formula is C12H12Cl2N4O5. The Hall–Kier alpha value is -1.52. The number of ether oxygens (including phenoxy) is 2. The Bertz CT molecular complexity index is 754. The third kappa shape index (κ3) is 2.98. The maximum absolute atomic E-state index is 10.9. The Morgan fingerprint density at radius 2 is 2.13 bits per heavy atom. The van der Waals surface area contributed by atoms with E-state index >= 15 is 0 Å². The number of rotatable bonds is 3. The Morgan fingerprint density at radius 1 is 1.39 bits per heavy atom. The lowest BCUT2D eigenvalue weighted by Crippen LogP contribution is -2.34. The lowest BCUT2D eigenvalue weighted by molar-refractivity contribution is -0.147. The van der Waals surface area contributed by atoms with E-state index in [-0.39, 0.29) is 22.7 Å². The van der Waals surface area contributed by atoms with Crippen molar-refractivity contribution in [3.63, 3.8) is 0 Å². The van der Waals surface area contributed by atoms with E-state index in [1.165, 1.54) is 17.8 Å². The van der Waals surface area contributed by atoms with Crippen LogP contribution in [0.2, 0.25) is 10.4 Å². The first-order valence-electron chi connectivity index (χ1n) is 6.59. The molecule has 0 aromatic carbocycles. The Morgan fingerprint density at radius 3 is 2.83 bits per heavy atom. The van der Waals surface area contributed by atoms with Crippen molar-refractivity contribution < 1.29 is 24.5 Å². The van der Waals surface area contributed by atoms with E-state index in [0.717, 1.165) is 0 Å².